The number of phenols is 1. The van der Waals surface area contributed by atoms with E-state index in [0.29, 0.717) is 5.75 Å². The maximum atomic E-state index is 9.98. The van der Waals surface area contributed by atoms with Crippen LogP contribution in [0, 0.1) is 0 Å². The third-order valence-electron chi connectivity index (χ3n) is 4.15. The van der Waals surface area contributed by atoms with Crippen LogP contribution in [0.1, 0.15) is 23.6 Å². The van der Waals surface area contributed by atoms with Crippen LogP contribution in [-0.4, -0.2) is 10.8 Å². The van der Waals surface area contributed by atoms with Gasteiger partial charge in [0.15, 0.2) is 0 Å². The van der Waals surface area contributed by atoms with Gasteiger partial charge < -0.3 is 10.5 Å². The number of fused-ring (bicyclic) bond motifs is 1. The van der Waals surface area contributed by atoms with E-state index in [2.05, 4.69) is 40.9 Å². The molecule has 0 unspecified atom stereocenters. The largest absolute Gasteiger partial charge is 0.508 e. The van der Waals surface area contributed by atoms with Gasteiger partial charge >= 0.3 is 0 Å². The Hall–Kier alpha value is -2.81. The van der Waals surface area contributed by atoms with Crippen LogP contribution in [0.25, 0.3) is 10.8 Å². The third kappa shape index (κ3) is 2.21. The third-order valence-corrected chi connectivity index (χ3v) is 4.15. The Bertz CT molecular complexity index is 870. The molecule has 1 atom stereocenters. The summed E-state index contributed by atoms with van der Waals surface area (Å²) in [6, 6.07) is 22.2. The van der Waals surface area contributed by atoms with Crippen molar-refractivity contribution in [1.82, 2.24) is 5.43 Å². The Morgan fingerprint density at radius 3 is 2.55 bits per heavy atom. The summed E-state index contributed by atoms with van der Waals surface area (Å²) in [5, 5.41) is 16.9. The summed E-state index contributed by atoms with van der Waals surface area (Å²) in [6.45, 7) is 0. The molecule has 0 fully saturated rings. The summed E-state index contributed by atoms with van der Waals surface area (Å²) in [4.78, 5) is 0. The molecule has 3 aromatic carbocycles. The van der Waals surface area contributed by atoms with E-state index in [1.54, 1.807) is 6.07 Å². The molecule has 22 heavy (non-hydrogen) atoms. The van der Waals surface area contributed by atoms with Gasteiger partial charge in [-0.3, -0.25) is 0 Å². The number of rotatable bonds is 2. The summed E-state index contributed by atoms with van der Waals surface area (Å²) < 4.78 is 0. The molecule has 3 nitrogen and oxygen atoms in total. The predicted octanol–water partition coefficient (Wildman–Crippen LogP) is 3.98. The van der Waals surface area contributed by atoms with Crippen LogP contribution in [-0.2, 0) is 0 Å². The first kappa shape index (κ1) is 12.9. The molecule has 1 heterocycles. The first-order valence-electron chi connectivity index (χ1n) is 7.40. The summed E-state index contributed by atoms with van der Waals surface area (Å²) in [5.74, 6) is 0.315. The van der Waals surface area contributed by atoms with Crippen molar-refractivity contribution in [3.05, 3.63) is 77.9 Å². The van der Waals surface area contributed by atoms with Crippen molar-refractivity contribution in [3.8, 4) is 5.75 Å². The minimum Gasteiger partial charge on any atom is -0.508 e. The minimum absolute atomic E-state index is 0.0303. The van der Waals surface area contributed by atoms with E-state index in [-0.39, 0.29) is 6.04 Å². The highest BCUT2D eigenvalue weighted by Crippen LogP contribution is 2.30. The zero-order valence-corrected chi connectivity index (χ0v) is 12.0. The smallest absolute Gasteiger partial charge is 0.120 e. The number of hydrogen-bond donors (Lipinski definition) is 2. The molecule has 108 valence electrons. The quantitative estimate of drug-likeness (QED) is 0.749. The molecular weight excluding hydrogens is 272 g/mol. The Kier molecular flexibility index (Phi) is 3.04. The number of hydrazone groups is 1. The zero-order chi connectivity index (χ0) is 14.9. The molecule has 3 heteroatoms. The Morgan fingerprint density at radius 1 is 0.909 bits per heavy atom. The molecule has 0 saturated heterocycles. The van der Waals surface area contributed by atoms with Crippen LogP contribution >= 0.6 is 0 Å². The van der Waals surface area contributed by atoms with Crippen molar-refractivity contribution in [2.24, 2.45) is 5.10 Å². The molecule has 0 spiro atoms. The number of nitrogens with one attached hydrogen (secondary N) is 1. The van der Waals surface area contributed by atoms with Crippen LogP contribution in [0.4, 0.5) is 0 Å². The van der Waals surface area contributed by atoms with E-state index in [1.807, 2.05) is 30.3 Å². The minimum atomic E-state index is 0.0303. The lowest BCUT2D eigenvalue weighted by Gasteiger charge is -2.11. The van der Waals surface area contributed by atoms with Gasteiger partial charge in [-0.15, -0.1) is 0 Å². The number of phenolic OH excluding ortho intramolecular Hbond substituents is 1. The molecule has 4 rings (SSSR count). The first-order valence-corrected chi connectivity index (χ1v) is 7.40. The van der Waals surface area contributed by atoms with Crippen molar-refractivity contribution in [2.75, 3.05) is 0 Å². The summed E-state index contributed by atoms with van der Waals surface area (Å²) in [6.07, 6.45) is 0.774. The molecule has 3 aromatic rings. The van der Waals surface area contributed by atoms with Gasteiger partial charge in [0.2, 0.25) is 0 Å². The second-order valence-corrected chi connectivity index (χ2v) is 5.57. The number of nitrogens with zero attached hydrogens (tertiary/aromatic N) is 1. The van der Waals surface area contributed by atoms with E-state index in [9.17, 15) is 5.11 Å². The number of aromatic hydroxyl groups is 1. The molecule has 1 aliphatic rings. The average Bonchev–Trinajstić information content (AvgIpc) is 3.04. The number of benzene rings is 3. The van der Waals surface area contributed by atoms with Gasteiger partial charge in [-0.1, -0.05) is 54.6 Å². The Balaban J connectivity index is 1.63. The highest BCUT2D eigenvalue weighted by molar-refractivity contribution is 6.04. The molecule has 0 aliphatic carbocycles. The number of hydrogen-bond acceptors (Lipinski definition) is 3. The van der Waals surface area contributed by atoms with E-state index in [4.69, 9.17) is 0 Å². The normalized spacial score (nSPS) is 17.3. The van der Waals surface area contributed by atoms with Crippen molar-refractivity contribution in [3.63, 3.8) is 0 Å². The molecule has 1 aliphatic heterocycles. The highest BCUT2D eigenvalue weighted by Gasteiger charge is 2.23. The lowest BCUT2D eigenvalue weighted by Crippen LogP contribution is -2.10. The van der Waals surface area contributed by atoms with Gasteiger partial charge in [0.25, 0.3) is 0 Å². The Labute approximate surface area is 128 Å². The van der Waals surface area contributed by atoms with E-state index >= 15 is 0 Å². The topological polar surface area (TPSA) is 44.6 Å². The lowest BCUT2D eigenvalue weighted by molar-refractivity contribution is 0.455. The second kappa shape index (κ2) is 5.19. The van der Waals surface area contributed by atoms with Gasteiger partial charge in [-0.25, -0.2) is 0 Å². The van der Waals surface area contributed by atoms with Gasteiger partial charge in [0.05, 0.1) is 11.8 Å². The van der Waals surface area contributed by atoms with Crippen molar-refractivity contribution < 1.29 is 5.11 Å². The van der Waals surface area contributed by atoms with Crippen LogP contribution in [0.2, 0.25) is 0 Å². The maximum absolute atomic E-state index is 9.98. The fourth-order valence-electron chi connectivity index (χ4n) is 2.95. The molecule has 0 aromatic heterocycles. The SMILES string of the molecule is Oc1ccccc1[C@H]1CC(c2ccc3ccccc3c2)=NN1. The second-order valence-electron chi connectivity index (χ2n) is 5.57. The monoisotopic (exact) mass is 288 g/mol. The fraction of sp³-hybridized carbons (Fsp3) is 0.105. The molecule has 0 amide bonds. The molecule has 2 N–H and O–H groups in total. The summed E-state index contributed by atoms with van der Waals surface area (Å²) in [5.41, 5.74) is 6.18. The van der Waals surface area contributed by atoms with Crippen molar-refractivity contribution in [1.29, 1.82) is 0 Å². The van der Waals surface area contributed by atoms with E-state index in [1.165, 1.54) is 10.8 Å². The molecule has 0 bridgehead atoms. The van der Waals surface area contributed by atoms with Crippen LogP contribution in [0.3, 0.4) is 0 Å². The predicted molar refractivity (Wildman–Crippen MR) is 89.1 cm³/mol. The van der Waals surface area contributed by atoms with Gasteiger partial charge in [-0.05, 0) is 28.5 Å². The van der Waals surface area contributed by atoms with Crippen molar-refractivity contribution >= 4 is 16.5 Å². The lowest BCUT2D eigenvalue weighted by atomic mass is 9.97. The standard InChI is InChI=1S/C19H16N2O/c22-19-8-4-3-7-16(19)18-12-17(20-21-18)15-10-9-13-5-1-2-6-14(13)11-15/h1-11,18,21-22H,12H2/t18-/m1/s1. The maximum Gasteiger partial charge on any atom is 0.120 e. The van der Waals surface area contributed by atoms with Crippen molar-refractivity contribution in [2.45, 2.75) is 12.5 Å². The van der Waals surface area contributed by atoms with Crippen LogP contribution < -0.4 is 5.43 Å². The van der Waals surface area contributed by atoms with Crippen LogP contribution in [0.15, 0.2) is 71.8 Å². The molecule has 0 radical (unpaired) electrons. The summed E-state index contributed by atoms with van der Waals surface area (Å²) in [7, 11) is 0. The molecular formula is C19H16N2O. The van der Waals surface area contributed by atoms with Gasteiger partial charge in [0, 0.05) is 12.0 Å². The Morgan fingerprint density at radius 2 is 1.68 bits per heavy atom. The summed E-state index contributed by atoms with van der Waals surface area (Å²) >= 11 is 0. The van der Waals surface area contributed by atoms with Crippen LogP contribution in [0.5, 0.6) is 5.75 Å². The average molecular weight is 288 g/mol. The zero-order valence-electron chi connectivity index (χ0n) is 12.0. The molecule has 0 saturated carbocycles. The fourth-order valence-corrected chi connectivity index (χ4v) is 2.95. The van der Waals surface area contributed by atoms with Gasteiger partial charge in [0.1, 0.15) is 5.75 Å². The van der Waals surface area contributed by atoms with Gasteiger partial charge in [-0.2, -0.15) is 5.10 Å². The highest BCUT2D eigenvalue weighted by atomic mass is 16.3. The number of para-hydroxylation sites is 1. The first-order chi connectivity index (χ1) is 10.8. The van der Waals surface area contributed by atoms with E-state index in [0.717, 1.165) is 23.3 Å². The van der Waals surface area contributed by atoms with E-state index < -0.39 is 0 Å².